The predicted octanol–water partition coefficient (Wildman–Crippen LogP) is 1.42. The van der Waals surface area contributed by atoms with Gasteiger partial charge in [0.1, 0.15) is 5.82 Å². The van der Waals surface area contributed by atoms with Crippen LogP contribution in [0.5, 0.6) is 0 Å². The van der Waals surface area contributed by atoms with Gasteiger partial charge in [-0.15, -0.1) is 0 Å². The average molecular weight is 203 g/mol. The summed E-state index contributed by atoms with van der Waals surface area (Å²) in [5.41, 5.74) is -0.0885. The van der Waals surface area contributed by atoms with Crippen LogP contribution in [0.15, 0.2) is 18.2 Å². The fourth-order valence-electron chi connectivity index (χ4n) is 0.853. The number of hydrogen-bond donors (Lipinski definition) is 1. The third-order valence-electron chi connectivity index (χ3n) is 1.48. The van der Waals surface area contributed by atoms with Gasteiger partial charge >= 0.3 is 0 Å². The van der Waals surface area contributed by atoms with E-state index in [0.717, 1.165) is 11.1 Å². The third-order valence-corrected chi connectivity index (χ3v) is 1.72. The lowest BCUT2D eigenvalue weighted by Crippen LogP contribution is -2.33. The molecular weight excluding hydrogens is 195 g/mol. The second-order valence-corrected chi connectivity index (χ2v) is 2.98. The molecule has 0 atom stereocenters. The molecule has 0 aliphatic rings. The predicted molar refractivity (Wildman–Crippen MR) is 47.7 cm³/mol. The maximum absolute atomic E-state index is 13.1. The van der Waals surface area contributed by atoms with E-state index in [9.17, 15) is 9.18 Å². The first-order valence-electron chi connectivity index (χ1n) is 3.50. The first kappa shape index (κ1) is 9.95. The molecule has 13 heavy (non-hydrogen) atoms. The van der Waals surface area contributed by atoms with Gasteiger partial charge < -0.3 is 0 Å². The standard InChI is InChI=1S/C8H8ClFN2O/c1-12(11)8(13)6-3-2-5(9)4-7(6)10/h2-4H,11H2,1H3. The van der Waals surface area contributed by atoms with Crippen molar-refractivity contribution in [1.29, 1.82) is 0 Å². The molecule has 2 N–H and O–H groups in total. The highest BCUT2D eigenvalue weighted by molar-refractivity contribution is 6.30. The Kier molecular flexibility index (Phi) is 2.85. The number of rotatable bonds is 1. The van der Waals surface area contributed by atoms with Crippen molar-refractivity contribution in [3.05, 3.63) is 34.6 Å². The lowest BCUT2D eigenvalue weighted by molar-refractivity contribution is 0.0790. The van der Waals surface area contributed by atoms with E-state index >= 15 is 0 Å². The molecule has 0 saturated carbocycles. The molecule has 5 heteroatoms. The molecule has 1 rings (SSSR count). The lowest BCUT2D eigenvalue weighted by Gasteiger charge is -2.10. The second kappa shape index (κ2) is 3.72. The summed E-state index contributed by atoms with van der Waals surface area (Å²) in [5, 5.41) is 1.06. The minimum absolute atomic E-state index is 0.0885. The molecule has 0 bridgehead atoms. The van der Waals surface area contributed by atoms with Gasteiger partial charge in [0, 0.05) is 12.1 Å². The van der Waals surface area contributed by atoms with Gasteiger partial charge in [-0.05, 0) is 18.2 Å². The number of hydrazine groups is 1. The number of hydrogen-bond acceptors (Lipinski definition) is 2. The van der Waals surface area contributed by atoms with Crippen LogP contribution in [-0.4, -0.2) is 18.0 Å². The first-order chi connectivity index (χ1) is 6.02. The molecule has 1 aromatic carbocycles. The van der Waals surface area contributed by atoms with Crippen molar-refractivity contribution in [1.82, 2.24) is 5.01 Å². The maximum atomic E-state index is 13.1. The molecule has 0 fully saturated rings. The van der Waals surface area contributed by atoms with Crippen molar-refractivity contribution in [2.75, 3.05) is 7.05 Å². The summed E-state index contributed by atoms with van der Waals surface area (Å²) < 4.78 is 13.1. The Bertz CT molecular complexity index is 341. The molecule has 0 heterocycles. The van der Waals surface area contributed by atoms with E-state index in [1.807, 2.05) is 0 Å². The number of halogens is 2. The third kappa shape index (κ3) is 2.17. The van der Waals surface area contributed by atoms with Crippen molar-refractivity contribution >= 4 is 17.5 Å². The number of nitrogens with two attached hydrogens (primary N) is 1. The van der Waals surface area contributed by atoms with Gasteiger partial charge in [0.05, 0.1) is 5.56 Å². The molecule has 0 spiro atoms. The zero-order chi connectivity index (χ0) is 10.0. The highest BCUT2D eigenvalue weighted by Gasteiger charge is 2.13. The molecule has 3 nitrogen and oxygen atoms in total. The Balaban J connectivity index is 3.09. The number of carbonyl (C=O) groups is 1. The normalized spacial score (nSPS) is 9.85. The molecule has 0 radical (unpaired) electrons. The molecule has 0 saturated heterocycles. The molecule has 0 unspecified atom stereocenters. The molecule has 70 valence electrons. The highest BCUT2D eigenvalue weighted by Crippen LogP contribution is 2.15. The monoisotopic (exact) mass is 202 g/mol. The number of amides is 1. The number of carbonyl (C=O) groups excluding carboxylic acids is 1. The van der Waals surface area contributed by atoms with Crippen LogP contribution in [0, 0.1) is 5.82 Å². The minimum atomic E-state index is -0.671. The maximum Gasteiger partial charge on any atom is 0.270 e. The minimum Gasteiger partial charge on any atom is -0.280 e. The fraction of sp³-hybridized carbons (Fsp3) is 0.125. The van der Waals surface area contributed by atoms with Crippen LogP contribution in [0.25, 0.3) is 0 Å². The van der Waals surface area contributed by atoms with Crippen molar-refractivity contribution in [2.45, 2.75) is 0 Å². The van der Waals surface area contributed by atoms with Crippen LogP contribution in [-0.2, 0) is 0 Å². The average Bonchev–Trinajstić information content (AvgIpc) is 2.03. The Morgan fingerprint density at radius 2 is 2.23 bits per heavy atom. The van der Waals surface area contributed by atoms with Crippen LogP contribution >= 0.6 is 11.6 Å². The van der Waals surface area contributed by atoms with Crippen molar-refractivity contribution in [3.8, 4) is 0 Å². The topological polar surface area (TPSA) is 46.3 Å². The van der Waals surface area contributed by atoms with E-state index in [4.69, 9.17) is 17.4 Å². The summed E-state index contributed by atoms with van der Waals surface area (Å²) in [4.78, 5) is 11.2. The van der Waals surface area contributed by atoms with E-state index in [1.165, 1.54) is 19.2 Å². The van der Waals surface area contributed by atoms with Crippen molar-refractivity contribution in [3.63, 3.8) is 0 Å². The van der Waals surface area contributed by atoms with Crippen molar-refractivity contribution < 1.29 is 9.18 Å². The molecule has 0 aliphatic carbocycles. The van der Waals surface area contributed by atoms with Crippen LogP contribution in [0.2, 0.25) is 5.02 Å². The molecule has 0 aromatic heterocycles. The van der Waals surface area contributed by atoms with Gasteiger partial charge in [-0.3, -0.25) is 9.80 Å². The Morgan fingerprint density at radius 3 is 2.69 bits per heavy atom. The van der Waals surface area contributed by atoms with E-state index in [0.29, 0.717) is 0 Å². The van der Waals surface area contributed by atoms with Gasteiger partial charge in [0.25, 0.3) is 5.91 Å². The zero-order valence-electron chi connectivity index (χ0n) is 6.92. The summed E-state index contributed by atoms with van der Waals surface area (Å²) in [5.74, 6) is 3.90. The molecule has 1 amide bonds. The Hall–Kier alpha value is -1.13. The van der Waals surface area contributed by atoms with Gasteiger partial charge in [0.15, 0.2) is 0 Å². The number of benzene rings is 1. The summed E-state index contributed by atoms with van der Waals surface area (Å²) in [7, 11) is 1.34. The van der Waals surface area contributed by atoms with E-state index < -0.39 is 11.7 Å². The van der Waals surface area contributed by atoms with Crippen LogP contribution in [0.1, 0.15) is 10.4 Å². The summed E-state index contributed by atoms with van der Waals surface area (Å²) in [6.07, 6.45) is 0. The Labute approximate surface area is 79.9 Å². The lowest BCUT2D eigenvalue weighted by atomic mass is 10.2. The summed E-state index contributed by atoms with van der Waals surface area (Å²) in [6.45, 7) is 0. The van der Waals surface area contributed by atoms with E-state index in [1.54, 1.807) is 0 Å². The molecule has 0 aliphatic heterocycles. The summed E-state index contributed by atoms with van der Waals surface area (Å²) >= 11 is 5.51. The quantitative estimate of drug-likeness (QED) is 0.425. The summed E-state index contributed by atoms with van der Waals surface area (Å²) in [6, 6.07) is 3.79. The SMILES string of the molecule is CN(N)C(=O)c1ccc(Cl)cc1F. The smallest absolute Gasteiger partial charge is 0.270 e. The largest absolute Gasteiger partial charge is 0.280 e. The highest BCUT2D eigenvalue weighted by atomic mass is 35.5. The van der Waals surface area contributed by atoms with E-state index in [2.05, 4.69) is 0 Å². The van der Waals surface area contributed by atoms with Crippen LogP contribution in [0.4, 0.5) is 4.39 Å². The van der Waals surface area contributed by atoms with Crippen molar-refractivity contribution in [2.24, 2.45) is 5.84 Å². The van der Waals surface area contributed by atoms with E-state index in [-0.39, 0.29) is 10.6 Å². The zero-order valence-corrected chi connectivity index (χ0v) is 7.68. The first-order valence-corrected chi connectivity index (χ1v) is 3.88. The molecule has 1 aromatic rings. The van der Waals surface area contributed by atoms with Crippen LogP contribution in [0.3, 0.4) is 0 Å². The Morgan fingerprint density at radius 1 is 1.62 bits per heavy atom. The fourth-order valence-corrected chi connectivity index (χ4v) is 1.01. The van der Waals surface area contributed by atoms with Crippen LogP contribution < -0.4 is 5.84 Å². The van der Waals surface area contributed by atoms with Gasteiger partial charge in [-0.25, -0.2) is 10.2 Å². The van der Waals surface area contributed by atoms with Gasteiger partial charge in [-0.1, -0.05) is 11.6 Å². The second-order valence-electron chi connectivity index (χ2n) is 2.54. The van der Waals surface area contributed by atoms with Gasteiger partial charge in [0.2, 0.25) is 0 Å². The molecular formula is C8H8ClFN2O. The van der Waals surface area contributed by atoms with Gasteiger partial charge in [-0.2, -0.15) is 0 Å². The number of nitrogens with zero attached hydrogens (tertiary/aromatic N) is 1.